The molecule has 2 saturated carbocycles. The number of hydrogen-bond donors (Lipinski definition) is 1. The van der Waals surface area contributed by atoms with Crippen LogP contribution in [0.5, 0.6) is 0 Å². The zero-order chi connectivity index (χ0) is 16.7. The van der Waals surface area contributed by atoms with Crippen molar-refractivity contribution in [3.8, 4) is 0 Å². The molecule has 3 atom stereocenters. The molecule has 3 fully saturated rings. The van der Waals surface area contributed by atoms with E-state index in [0.717, 1.165) is 32.4 Å². The van der Waals surface area contributed by atoms with E-state index in [1.807, 2.05) is 0 Å². The Morgan fingerprint density at radius 3 is 2.67 bits per heavy atom. The van der Waals surface area contributed by atoms with Crippen molar-refractivity contribution in [1.29, 1.82) is 0 Å². The van der Waals surface area contributed by atoms with Crippen LogP contribution in [0.3, 0.4) is 0 Å². The molecule has 0 aromatic heterocycles. The topological polar surface area (TPSA) is 46.3 Å². The quantitative estimate of drug-likeness (QED) is 0.905. The van der Waals surface area contributed by atoms with Gasteiger partial charge in [0.15, 0.2) is 0 Å². The van der Waals surface area contributed by atoms with Gasteiger partial charge in [0.1, 0.15) is 0 Å². The Morgan fingerprint density at radius 1 is 1.17 bits per heavy atom. The van der Waals surface area contributed by atoms with Crippen LogP contribution in [-0.4, -0.2) is 29.9 Å². The third kappa shape index (κ3) is 2.57. The minimum atomic E-state index is -0.285. The zero-order valence-corrected chi connectivity index (χ0v) is 14.8. The number of likely N-dealkylation sites (tertiary alicyclic amines) is 1. The molecule has 4 rings (SSSR count). The number of nitrogens with zero attached hydrogens (tertiary/aromatic N) is 1. The Balaban J connectivity index is 1.63. The van der Waals surface area contributed by atoms with E-state index in [-0.39, 0.29) is 5.41 Å². The summed E-state index contributed by atoms with van der Waals surface area (Å²) in [5, 5.41) is 0. The third-order valence-electron chi connectivity index (χ3n) is 6.89. The number of nitrogens with two attached hydrogens (primary N) is 1. The number of hydrogen-bond acceptors (Lipinski definition) is 2. The van der Waals surface area contributed by atoms with Gasteiger partial charge in [0.25, 0.3) is 0 Å². The summed E-state index contributed by atoms with van der Waals surface area (Å²) in [5.74, 6) is 1.56. The Morgan fingerprint density at radius 2 is 1.96 bits per heavy atom. The van der Waals surface area contributed by atoms with Crippen LogP contribution in [0.4, 0.5) is 0 Å². The van der Waals surface area contributed by atoms with Crippen LogP contribution in [0.2, 0.25) is 0 Å². The molecule has 1 amide bonds. The zero-order valence-electron chi connectivity index (χ0n) is 14.8. The molecule has 0 bridgehead atoms. The van der Waals surface area contributed by atoms with E-state index < -0.39 is 0 Å². The molecule has 1 heterocycles. The normalized spacial score (nSPS) is 31.9. The van der Waals surface area contributed by atoms with Gasteiger partial charge in [0.2, 0.25) is 5.91 Å². The second-order valence-electron chi connectivity index (χ2n) is 8.39. The Bertz CT molecular complexity index is 620. The fraction of sp³-hybridized carbons (Fsp3) is 0.667. The maximum absolute atomic E-state index is 13.7. The Kier molecular flexibility index (Phi) is 4.16. The highest BCUT2D eigenvalue weighted by Gasteiger charge is 2.49. The van der Waals surface area contributed by atoms with Gasteiger partial charge >= 0.3 is 0 Å². The van der Waals surface area contributed by atoms with Gasteiger partial charge in [-0.1, -0.05) is 49.1 Å². The predicted octanol–water partition coefficient (Wildman–Crippen LogP) is 3.39. The predicted molar refractivity (Wildman–Crippen MR) is 96.7 cm³/mol. The van der Waals surface area contributed by atoms with Crippen molar-refractivity contribution in [3.63, 3.8) is 0 Å². The van der Waals surface area contributed by atoms with Crippen LogP contribution in [0.15, 0.2) is 24.3 Å². The van der Waals surface area contributed by atoms with E-state index in [1.165, 1.54) is 36.8 Å². The Hall–Kier alpha value is -1.35. The fourth-order valence-corrected chi connectivity index (χ4v) is 5.50. The van der Waals surface area contributed by atoms with Crippen molar-refractivity contribution < 1.29 is 4.79 Å². The van der Waals surface area contributed by atoms with Crippen LogP contribution >= 0.6 is 0 Å². The number of rotatable bonds is 2. The van der Waals surface area contributed by atoms with Crippen LogP contribution in [-0.2, 0) is 10.2 Å². The largest absolute Gasteiger partial charge is 0.341 e. The first-order valence-electron chi connectivity index (χ1n) is 9.72. The van der Waals surface area contributed by atoms with E-state index in [0.29, 0.717) is 23.8 Å². The second-order valence-corrected chi connectivity index (χ2v) is 8.39. The summed E-state index contributed by atoms with van der Waals surface area (Å²) < 4.78 is 0. The van der Waals surface area contributed by atoms with E-state index in [2.05, 4.69) is 36.1 Å². The summed E-state index contributed by atoms with van der Waals surface area (Å²) in [4.78, 5) is 15.8. The molecule has 130 valence electrons. The van der Waals surface area contributed by atoms with Crippen molar-refractivity contribution in [1.82, 2.24) is 4.90 Å². The van der Waals surface area contributed by atoms with Crippen LogP contribution in [0.25, 0.3) is 0 Å². The van der Waals surface area contributed by atoms with Gasteiger partial charge in [-0.25, -0.2) is 0 Å². The minimum absolute atomic E-state index is 0.285. The molecular weight excluding hydrogens is 296 g/mol. The first kappa shape index (κ1) is 16.1. The minimum Gasteiger partial charge on any atom is -0.341 e. The number of amides is 1. The van der Waals surface area contributed by atoms with Crippen molar-refractivity contribution in [2.24, 2.45) is 17.6 Å². The Labute approximate surface area is 145 Å². The number of carbonyl (C=O) groups is 1. The van der Waals surface area contributed by atoms with Crippen LogP contribution in [0.1, 0.15) is 56.1 Å². The van der Waals surface area contributed by atoms with E-state index in [9.17, 15) is 4.79 Å². The first-order valence-corrected chi connectivity index (χ1v) is 9.72. The fourth-order valence-electron chi connectivity index (χ4n) is 5.50. The summed E-state index contributed by atoms with van der Waals surface area (Å²) in [5.41, 5.74) is 8.50. The summed E-state index contributed by atoms with van der Waals surface area (Å²) in [7, 11) is 0. The standard InChI is InChI=1S/C21H30N2O/c1-15-6-5-7-17(12-15)21(10-3-2-4-11-21)20(24)23-13-16-8-9-19(22)18(16)14-23/h5-7,12,16,18-19H,2-4,8-11,13-14,22H2,1H3. The molecular formula is C21H30N2O. The van der Waals surface area contributed by atoms with Gasteiger partial charge in [-0.3, -0.25) is 4.79 Å². The molecule has 0 radical (unpaired) electrons. The van der Waals surface area contributed by atoms with Crippen molar-refractivity contribution in [2.45, 2.75) is 63.3 Å². The molecule has 3 nitrogen and oxygen atoms in total. The average molecular weight is 326 g/mol. The van der Waals surface area contributed by atoms with Crippen LogP contribution in [0, 0.1) is 18.8 Å². The lowest BCUT2D eigenvalue weighted by atomic mass is 9.68. The molecule has 1 saturated heterocycles. The van der Waals surface area contributed by atoms with Gasteiger partial charge in [-0.05, 0) is 50.0 Å². The number of carbonyl (C=O) groups excluding carboxylic acids is 1. The van der Waals surface area contributed by atoms with Gasteiger partial charge < -0.3 is 10.6 Å². The van der Waals surface area contributed by atoms with Crippen molar-refractivity contribution in [3.05, 3.63) is 35.4 Å². The molecule has 2 N–H and O–H groups in total. The lowest BCUT2D eigenvalue weighted by molar-refractivity contribution is -0.138. The van der Waals surface area contributed by atoms with Crippen LogP contribution < -0.4 is 5.73 Å². The molecule has 1 aromatic carbocycles. The lowest BCUT2D eigenvalue weighted by Crippen LogP contribution is -2.48. The highest BCUT2D eigenvalue weighted by molar-refractivity contribution is 5.88. The smallest absolute Gasteiger partial charge is 0.233 e. The van der Waals surface area contributed by atoms with Crippen molar-refractivity contribution in [2.75, 3.05) is 13.1 Å². The van der Waals surface area contributed by atoms with E-state index in [1.54, 1.807) is 0 Å². The lowest BCUT2D eigenvalue weighted by Gasteiger charge is -2.39. The maximum atomic E-state index is 13.7. The summed E-state index contributed by atoms with van der Waals surface area (Å²) in [6, 6.07) is 8.96. The third-order valence-corrected chi connectivity index (χ3v) is 6.89. The molecule has 0 spiro atoms. The highest BCUT2D eigenvalue weighted by Crippen LogP contribution is 2.44. The van der Waals surface area contributed by atoms with Gasteiger partial charge in [-0.2, -0.15) is 0 Å². The maximum Gasteiger partial charge on any atom is 0.233 e. The van der Waals surface area contributed by atoms with Crippen molar-refractivity contribution >= 4 is 5.91 Å². The summed E-state index contributed by atoms with van der Waals surface area (Å²) >= 11 is 0. The van der Waals surface area contributed by atoms with Gasteiger partial charge in [0.05, 0.1) is 5.41 Å². The summed E-state index contributed by atoms with van der Waals surface area (Å²) in [6.45, 7) is 3.95. The molecule has 1 aliphatic heterocycles. The second kappa shape index (κ2) is 6.18. The number of fused-ring (bicyclic) bond motifs is 1. The van der Waals surface area contributed by atoms with Gasteiger partial charge in [-0.15, -0.1) is 0 Å². The van der Waals surface area contributed by atoms with Gasteiger partial charge in [0, 0.05) is 19.1 Å². The molecule has 2 aliphatic carbocycles. The molecule has 24 heavy (non-hydrogen) atoms. The highest BCUT2D eigenvalue weighted by atomic mass is 16.2. The average Bonchev–Trinajstić information content (AvgIpc) is 3.17. The molecule has 3 unspecified atom stereocenters. The van der Waals surface area contributed by atoms with E-state index >= 15 is 0 Å². The van der Waals surface area contributed by atoms with E-state index in [4.69, 9.17) is 5.73 Å². The monoisotopic (exact) mass is 326 g/mol. The summed E-state index contributed by atoms with van der Waals surface area (Å²) in [6.07, 6.45) is 7.95. The number of benzene rings is 1. The SMILES string of the molecule is Cc1cccc(C2(C(=O)N3CC4CCC(N)C4C3)CCCCC2)c1. The first-order chi connectivity index (χ1) is 11.6. The molecule has 3 aliphatic rings. The molecule has 1 aromatic rings. The number of aryl methyl sites for hydroxylation is 1. The molecule has 3 heteroatoms.